The van der Waals surface area contributed by atoms with E-state index in [1.165, 1.54) is 16.7 Å². The highest BCUT2D eigenvalue weighted by atomic mass is 15.3. The highest BCUT2D eigenvalue weighted by molar-refractivity contribution is 5.63. The Morgan fingerprint density at radius 3 is 2.50 bits per heavy atom. The van der Waals surface area contributed by atoms with Crippen LogP contribution in [0.4, 0.5) is 0 Å². The largest absolute Gasteiger partial charge is 0.313 e. The minimum Gasteiger partial charge on any atom is -0.313 e. The molecule has 96 valence electrons. The first-order valence-corrected chi connectivity index (χ1v) is 6.57. The van der Waals surface area contributed by atoms with Crippen molar-refractivity contribution in [2.24, 2.45) is 7.05 Å². The third-order valence-electron chi connectivity index (χ3n) is 3.11. The molecule has 0 bridgehead atoms. The van der Waals surface area contributed by atoms with Gasteiger partial charge in [-0.1, -0.05) is 38.1 Å². The zero-order valence-electron chi connectivity index (χ0n) is 11.4. The number of aromatic nitrogens is 2. The number of hydrogen-bond donors (Lipinski definition) is 1. The topological polar surface area (TPSA) is 29.9 Å². The van der Waals surface area contributed by atoms with E-state index < -0.39 is 0 Å². The van der Waals surface area contributed by atoms with Crippen LogP contribution in [0.3, 0.4) is 0 Å². The van der Waals surface area contributed by atoms with Gasteiger partial charge in [0.2, 0.25) is 0 Å². The van der Waals surface area contributed by atoms with Crippen LogP contribution in [0.1, 0.15) is 25.0 Å². The molecule has 0 saturated heterocycles. The molecule has 0 aliphatic rings. The van der Waals surface area contributed by atoms with Crippen molar-refractivity contribution in [3.63, 3.8) is 0 Å². The third-order valence-corrected chi connectivity index (χ3v) is 3.11. The van der Waals surface area contributed by atoms with Gasteiger partial charge in [0.25, 0.3) is 0 Å². The van der Waals surface area contributed by atoms with Crippen LogP contribution < -0.4 is 5.32 Å². The number of hydrogen-bond acceptors (Lipinski definition) is 2. The molecule has 3 nitrogen and oxygen atoms in total. The minimum atomic E-state index is 0.870. The van der Waals surface area contributed by atoms with Gasteiger partial charge in [0.05, 0.1) is 5.69 Å². The lowest BCUT2D eigenvalue weighted by molar-refractivity contribution is 0.724. The first kappa shape index (κ1) is 12.8. The van der Waals surface area contributed by atoms with Gasteiger partial charge in [-0.15, -0.1) is 0 Å². The molecule has 3 heteroatoms. The van der Waals surface area contributed by atoms with E-state index in [1.54, 1.807) is 0 Å². The Labute approximate surface area is 109 Å². The lowest BCUT2D eigenvalue weighted by atomic mass is 10.1. The highest BCUT2D eigenvalue weighted by Crippen LogP contribution is 2.22. The summed E-state index contributed by atoms with van der Waals surface area (Å²) in [5.74, 6) is 0. The fourth-order valence-electron chi connectivity index (χ4n) is 2.07. The van der Waals surface area contributed by atoms with Crippen molar-refractivity contribution < 1.29 is 0 Å². The standard InChI is InChI=1S/C15H21N3/c1-4-12-6-8-13(9-7-12)15-14(10-16-5-2)11-18(3)17-15/h6-9,11,16H,4-5,10H2,1-3H3. The Morgan fingerprint density at radius 1 is 1.17 bits per heavy atom. The van der Waals surface area contributed by atoms with Gasteiger partial charge in [0, 0.05) is 30.9 Å². The molecule has 2 aromatic rings. The third kappa shape index (κ3) is 2.79. The summed E-state index contributed by atoms with van der Waals surface area (Å²) >= 11 is 0. The summed E-state index contributed by atoms with van der Waals surface area (Å²) < 4.78 is 1.88. The van der Waals surface area contributed by atoms with E-state index in [0.717, 1.165) is 25.2 Å². The van der Waals surface area contributed by atoms with Gasteiger partial charge < -0.3 is 5.32 Å². The maximum Gasteiger partial charge on any atom is 0.0967 e. The summed E-state index contributed by atoms with van der Waals surface area (Å²) in [6.45, 7) is 6.14. The molecule has 1 aromatic heterocycles. The van der Waals surface area contributed by atoms with E-state index in [4.69, 9.17) is 0 Å². The van der Waals surface area contributed by atoms with Crippen molar-refractivity contribution >= 4 is 0 Å². The monoisotopic (exact) mass is 243 g/mol. The summed E-state index contributed by atoms with van der Waals surface area (Å²) in [4.78, 5) is 0. The summed E-state index contributed by atoms with van der Waals surface area (Å²) in [5.41, 5.74) is 4.90. The number of benzene rings is 1. The Balaban J connectivity index is 2.30. The van der Waals surface area contributed by atoms with E-state index in [0.29, 0.717) is 0 Å². The molecule has 18 heavy (non-hydrogen) atoms. The molecule has 0 saturated carbocycles. The maximum absolute atomic E-state index is 4.57. The molecule has 0 aliphatic heterocycles. The molecule has 2 rings (SSSR count). The minimum absolute atomic E-state index is 0.870. The van der Waals surface area contributed by atoms with E-state index in [-0.39, 0.29) is 0 Å². The molecule has 0 fully saturated rings. The second-order valence-corrected chi connectivity index (χ2v) is 4.51. The van der Waals surface area contributed by atoms with Crippen molar-refractivity contribution in [3.05, 3.63) is 41.6 Å². The Kier molecular flexibility index (Phi) is 4.15. The normalized spacial score (nSPS) is 10.8. The fraction of sp³-hybridized carbons (Fsp3) is 0.400. The first-order chi connectivity index (χ1) is 8.74. The second-order valence-electron chi connectivity index (χ2n) is 4.51. The van der Waals surface area contributed by atoms with Gasteiger partial charge in [-0.2, -0.15) is 5.10 Å². The van der Waals surface area contributed by atoms with Crippen molar-refractivity contribution in [2.45, 2.75) is 26.8 Å². The second kappa shape index (κ2) is 5.83. The summed E-state index contributed by atoms with van der Waals surface area (Å²) in [6, 6.07) is 8.69. The Hall–Kier alpha value is -1.61. The average molecular weight is 243 g/mol. The molecular weight excluding hydrogens is 222 g/mol. The lowest BCUT2D eigenvalue weighted by Crippen LogP contribution is -2.11. The zero-order valence-corrected chi connectivity index (χ0v) is 11.4. The molecule has 0 spiro atoms. The van der Waals surface area contributed by atoms with Crippen LogP contribution in [-0.2, 0) is 20.0 Å². The number of rotatable bonds is 5. The first-order valence-electron chi connectivity index (χ1n) is 6.57. The molecule has 1 heterocycles. The van der Waals surface area contributed by atoms with Gasteiger partial charge in [-0.05, 0) is 18.5 Å². The van der Waals surface area contributed by atoms with E-state index in [9.17, 15) is 0 Å². The van der Waals surface area contributed by atoms with Crippen molar-refractivity contribution in [3.8, 4) is 11.3 Å². The average Bonchev–Trinajstić information content (AvgIpc) is 2.77. The van der Waals surface area contributed by atoms with Gasteiger partial charge >= 0.3 is 0 Å². The van der Waals surface area contributed by atoms with Gasteiger partial charge in [0.1, 0.15) is 0 Å². The van der Waals surface area contributed by atoms with Gasteiger partial charge in [-0.25, -0.2) is 0 Å². The Morgan fingerprint density at radius 2 is 1.89 bits per heavy atom. The zero-order chi connectivity index (χ0) is 13.0. The molecule has 0 atom stereocenters. The smallest absolute Gasteiger partial charge is 0.0967 e. The van der Waals surface area contributed by atoms with Crippen LogP contribution in [0.25, 0.3) is 11.3 Å². The van der Waals surface area contributed by atoms with Gasteiger partial charge in [-0.3, -0.25) is 4.68 Å². The molecule has 0 unspecified atom stereocenters. The van der Waals surface area contributed by atoms with Crippen molar-refractivity contribution in [2.75, 3.05) is 6.54 Å². The van der Waals surface area contributed by atoms with Crippen LogP contribution in [-0.4, -0.2) is 16.3 Å². The molecular formula is C15H21N3. The number of nitrogens with one attached hydrogen (secondary N) is 1. The quantitative estimate of drug-likeness (QED) is 0.875. The predicted molar refractivity (Wildman–Crippen MR) is 75.4 cm³/mol. The fourth-order valence-corrected chi connectivity index (χ4v) is 2.07. The SMILES string of the molecule is CCNCc1cn(C)nc1-c1ccc(CC)cc1. The van der Waals surface area contributed by atoms with Crippen LogP contribution in [0.2, 0.25) is 0 Å². The molecule has 0 radical (unpaired) electrons. The Bertz CT molecular complexity index is 497. The number of aryl methyl sites for hydroxylation is 2. The maximum atomic E-state index is 4.57. The molecule has 0 aliphatic carbocycles. The molecule has 1 N–H and O–H groups in total. The summed E-state index contributed by atoms with van der Waals surface area (Å²) in [6.07, 6.45) is 3.17. The van der Waals surface area contributed by atoms with Gasteiger partial charge in [0.15, 0.2) is 0 Å². The van der Waals surface area contributed by atoms with Crippen LogP contribution in [0, 0.1) is 0 Å². The van der Waals surface area contributed by atoms with E-state index in [2.05, 4.69) is 54.7 Å². The lowest BCUT2D eigenvalue weighted by Gasteiger charge is -2.04. The van der Waals surface area contributed by atoms with Crippen LogP contribution in [0.5, 0.6) is 0 Å². The van der Waals surface area contributed by atoms with E-state index in [1.807, 2.05) is 11.7 Å². The van der Waals surface area contributed by atoms with Crippen LogP contribution >= 0.6 is 0 Å². The van der Waals surface area contributed by atoms with E-state index >= 15 is 0 Å². The predicted octanol–water partition coefficient (Wildman–Crippen LogP) is 2.76. The molecule has 0 amide bonds. The van der Waals surface area contributed by atoms with Crippen molar-refractivity contribution in [1.29, 1.82) is 0 Å². The van der Waals surface area contributed by atoms with Crippen LogP contribution in [0.15, 0.2) is 30.5 Å². The van der Waals surface area contributed by atoms with Crippen molar-refractivity contribution in [1.82, 2.24) is 15.1 Å². The highest BCUT2D eigenvalue weighted by Gasteiger charge is 2.09. The summed E-state index contributed by atoms with van der Waals surface area (Å²) in [7, 11) is 1.97. The summed E-state index contributed by atoms with van der Waals surface area (Å²) in [5, 5.41) is 7.92. The molecule has 1 aromatic carbocycles. The number of nitrogens with zero attached hydrogens (tertiary/aromatic N) is 2.